The van der Waals surface area contributed by atoms with Gasteiger partial charge in [0.05, 0.1) is 28.5 Å². The Morgan fingerprint density at radius 2 is 1.69 bits per heavy atom. The maximum absolute atomic E-state index is 10.4. The smallest absolute Gasteiger partial charge is 0.119 e. The number of likely N-dealkylation sites (N-methyl/N-ethyl adjacent to an activating group) is 1. The van der Waals surface area contributed by atoms with Gasteiger partial charge in [-0.3, -0.25) is 4.68 Å². The molecular formula is C42H51Cl2N5O3. The lowest BCUT2D eigenvalue weighted by molar-refractivity contribution is -0.0980. The molecule has 2 aromatic heterocycles. The van der Waals surface area contributed by atoms with Crippen LogP contribution in [0.5, 0.6) is 5.75 Å². The third kappa shape index (κ3) is 8.58. The lowest BCUT2D eigenvalue weighted by Crippen LogP contribution is -2.28. The number of halogens is 2. The predicted molar refractivity (Wildman–Crippen MR) is 220 cm³/mol. The molecule has 0 aliphatic heterocycles. The zero-order valence-electron chi connectivity index (χ0n) is 31.8. The van der Waals surface area contributed by atoms with Crippen LogP contribution in [0.2, 0.25) is 10.0 Å². The highest BCUT2D eigenvalue weighted by molar-refractivity contribution is 6.34. The van der Waals surface area contributed by atoms with E-state index in [4.69, 9.17) is 37.8 Å². The van der Waals surface area contributed by atoms with Gasteiger partial charge >= 0.3 is 0 Å². The van der Waals surface area contributed by atoms with Crippen molar-refractivity contribution in [3.05, 3.63) is 104 Å². The summed E-state index contributed by atoms with van der Waals surface area (Å²) in [5.74, 6) is 0.865. The first-order valence-electron chi connectivity index (χ1n) is 17.3. The summed E-state index contributed by atoms with van der Waals surface area (Å²) in [6.45, 7) is 19.4. The summed E-state index contributed by atoms with van der Waals surface area (Å²) in [5.41, 5.74) is 13.0. The molecule has 3 aromatic carbocycles. The molecule has 0 unspecified atom stereocenters. The normalized spacial score (nSPS) is 12.1. The van der Waals surface area contributed by atoms with E-state index in [-0.39, 0.29) is 11.8 Å². The monoisotopic (exact) mass is 743 g/mol. The lowest BCUT2D eigenvalue weighted by atomic mass is 9.91. The van der Waals surface area contributed by atoms with Crippen molar-refractivity contribution < 1.29 is 14.6 Å². The van der Waals surface area contributed by atoms with Gasteiger partial charge in [0, 0.05) is 76.8 Å². The molecule has 10 heteroatoms. The Kier molecular flexibility index (Phi) is 13.4. The first-order chi connectivity index (χ1) is 24.7. The number of nitrogens with zero attached hydrogens (tertiary/aromatic N) is 3. The van der Waals surface area contributed by atoms with Gasteiger partial charge in [-0.25, -0.2) is 0 Å². The molecule has 0 aliphatic carbocycles. The number of carbonyl (C=O) groups excluding carboxylic acids is 1. The van der Waals surface area contributed by atoms with Gasteiger partial charge in [-0.2, -0.15) is 5.10 Å². The molecule has 1 atom stereocenters. The summed E-state index contributed by atoms with van der Waals surface area (Å²) in [4.78, 5) is 8.00. The zero-order valence-corrected chi connectivity index (χ0v) is 33.3. The molecule has 2 heterocycles. The summed E-state index contributed by atoms with van der Waals surface area (Å²) >= 11 is 13.5. The number of aliphatic hydroxyl groups is 1. The number of fused-ring (bicyclic) bond motifs is 1. The van der Waals surface area contributed by atoms with Gasteiger partial charge in [-0.15, -0.1) is 0 Å². The molecule has 0 aliphatic rings. The molecular weight excluding hydrogens is 693 g/mol. The molecule has 0 saturated heterocycles. The van der Waals surface area contributed by atoms with Gasteiger partial charge in [0.2, 0.25) is 0 Å². The van der Waals surface area contributed by atoms with Crippen LogP contribution in [0, 0.1) is 34.6 Å². The van der Waals surface area contributed by atoms with Crippen LogP contribution in [0.1, 0.15) is 64.5 Å². The summed E-state index contributed by atoms with van der Waals surface area (Å²) in [6.07, 6.45) is 5.92. The van der Waals surface area contributed by atoms with E-state index in [1.807, 2.05) is 76.7 Å². The minimum atomic E-state index is 0.0494. The summed E-state index contributed by atoms with van der Waals surface area (Å²) in [7, 11) is 5.98. The van der Waals surface area contributed by atoms with E-state index in [9.17, 15) is 5.11 Å². The zero-order chi connectivity index (χ0) is 38.4. The fraction of sp³-hybridized carbons (Fsp3) is 0.333. The van der Waals surface area contributed by atoms with Gasteiger partial charge in [0.25, 0.3) is 0 Å². The van der Waals surface area contributed by atoms with E-state index < -0.39 is 0 Å². The van der Waals surface area contributed by atoms with Crippen LogP contribution in [0.25, 0.3) is 39.4 Å². The van der Waals surface area contributed by atoms with E-state index >= 15 is 0 Å². The minimum Gasteiger partial charge on any atom is -0.508 e. The van der Waals surface area contributed by atoms with Crippen molar-refractivity contribution in [1.82, 2.24) is 19.7 Å². The molecule has 0 spiro atoms. The second-order valence-electron chi connectivity index (χ2n) is 13.4. The van der Waals surface area contributed by atoms with Crippen molar-refractivity contribution in [3.8, 4) is 16.9 Å². The maximum Gasteiger partial charge on any atom is 0.119 e. The Bertz CT molecular complexity index is 2110. The van der Waals surface area contributed by atoms with Crippen molar-refractivity contribution in [1.29, 1.82) is 0 Å². The number of nitrogens with one attached hydrogen (secondary N) is 2. The van der Waals surface area contributed by atoms with Crippen molar-refractivity contribution in [2.24, 2.45) is 14.1 Å². The average molecular weight is 745 g/mol. The molecule has 8 nitrogen and oxygen atoms in total. The number of aromatic nitrogens is 3. The Balaban J connectivity index is 0.00000297. The van der Waals surface area contributed by atoms with E-state index in [1.165, 1.54) is 0 Å². The van der Waals surface area contributed by atoms with Crippen LogP contribution in [0.4, 0.5) is 5.69 Å². The van der Waals surface area contributed by atoms with Gasteiger partial charge in [-0.1, -0.05) is 35.8 Å². The van der Waals surface area contributed by atoms with Gasteiger partial charge in [-0.05, 0) is 120 Å². The van der Waals surface area contributed by atoms with E-state index in [1.54, 1.807) is 0 Å². The standard InChI is InChI=1S/C41H49Cl2N5O2.CH2O/c1-23-17-33(18-24(2)39(23)43)50-15-11-12-30(19-32-22-47(9)41-25(3)16-31(29(7)49)20-35(32)41)34-13-14-36(42)38(40(34)45-26(4)21-44-8)37-27(5)46-48(10)28(37)6;1-2/h13-14,16-20,22,26,44-45,49H,7,11-12,15,21H2,1-6,8-10H3;1H2/b30-19+;/t26-;/m1./s1. The molecule has 0 fully saturated rings. The molecule has 0 amide bonds. The number of hydrogen-bond acceptors (Lipinski definition) is 6. The fourth-order valence-corrected chi connectivity index (χ4v) is 7.35. The minimum absolute atomic E-state index is 0.0494. The van der Waals surface area contributed by atoms with E-state index in [0.717, 1.165) is 103 Å². The third-order valence-corrected chi connectivity index (χ3v) is 10.3. The van der Waals surface area contributed by atoms with Crippen molar-refractivity contribution >= 4 is 64.0 Å². The highest BCUT2D eigenvalue weighted by Gasteiger charge is 2.24. The van der Waals surface area contributed by atoms with Gasteiger partial charge in [0.15, 0.2) is 0 Å². The first kappa shape index (κ1) is 40.3. The van der Waals surface area contributed by atoms with E-state index in [0.29, 0.717) is 17.2 Å². The topological polar surface area (TPSA) is 93.3 Å². The number of hydrogen-bond donors (Lipinski definition) is 3. The molecule has 0 bridgehead atoms. The van der Waals surface area contributed by atoms with Gasteiger partial charge in [0.1, 0.15) is 18.3 Å². The number of aryl methyl sites for hydroxylation is 6. The second-order valence-corrected chi connectivity index (χ2v) is 14.2. The SMILES string of the molecule is C=C(O)c1cc(C)c2c(c1)c(/C=C(\CCCOc1cc(C)c(Cl)c(C)c1)c1ccc(Cl)c(-c3c(C)nn(C)c3C)c1N[C@H](C)CNC)cn2C.C=O. The highest BCUT2D eigenvalue weighted by atomic mass is 35.5. The van der Waals surface area contributed by atoms with Crippen LogP contribution in [0.3, 0.4) is 0 Å². The number of rotatable bonds is 13. The summed E-state index contributed by atoms with van der Waals surface area (Å²) in [5, 5.41) is 24.7. The van der Waals surface area contributed by atoms with E-state index in [2.05, 4.69) is 67.9 Å². The number of carbonyl (C=O) groups is 1. The quantitative estimate of drug-likeness (QED) is 0.0821. The summed E-state index contributed by atoms with van der Waals surface area (Å²) < 4.78 is 10.3. The van der Waals surface area contributed by atoms with Crippen molar-refractivity contribution in [3.63, 3.8) is 0 Å². The van der Waals surface area contributed by atoms with Crippen LogP contribution in [-0.4, -0.2) is 52.5 Å². The Labute approximate surface area is 318 Å². The molecule has 0 radical (unpaired) electrons. The largest absolute Gasteiger partial charge is 0.508 e. The molecule has 276 valence electrons. The summed E-state index contributed by atoms with van der Waals surface area (Å²) in [6, 6.07) is 12.2. The number of ether oxygens (including phenoxy) is 1. The lowest BCUT2D eigenvalue weighted by Gasteiger charge is -2.24. The molecule has 52 heavy (non-hydrogen) atoms. The first-order valence-corrected chi connectivity index (χ1v) is 18.1. The number of anilines is 1. The highest BCUT2D eigenvalue weighted by Crippen LogP contribution is 2.44. The van der Waals surface area contributed by atoms with Crippen LogP contribution >= 0.6 is 23.2 Å². The van der Waals surface area contributed by atoms with Gasteiger partial charge < -0.3 is 29.8 Å². The van der Waals surface area contributed by atoms with Crippen LogP contribution < -0.4 is 15.4 Å². The molecule has 5 aromatic rings. The van der Waals surface area contributed by atoms with Crippen molar-refractivity contribution in [2.45, 2.75) is 60.4 Å². The second kappa shape index (κ2) is 17.3. The van der Waals surface area contributed by atoms with Crippen LogP contribution in [-0.2, 0) is 18.9 Å². The Morgan fingerprint density at radius 3 is 2.29 bits per heavy atom. The predicted octanol–water partition coefficient (Wildman–Crippen LogP) is 10.2. The Hall–Kier alpha value is -4.50. The fourth-order valence-electron chi connectivity index (χ4n) is 6.98. The van der Waals surface area contributed by atoms with Crippen molar-refractivity contribution in [2.75, 3.05) is 25.5 Å². The Morgan fingerprint density at radius 1 is 1.02 bits per heavy atom. The number of allylic oxidation sites excluding steroid dienone is 1. The third-order valence-electron chi connectivity index (χ3n) is 9.39. The average Bonchev–Trinajstić information content (AvgIpc) is 3.55. The maximum atomic E-state index is 10.4. The molecule has 5 rings (SSSR count). The molecule has 3 N–H and O–H groups in total. The number of aliphatic hydroxyl groups excluding tert-OH is 1. The molecule has 0 saturated carbocycles. The van der Waals surface area contributed by atoms with Crippen LogP contribution in [0.15, 0.2) is 49.2 Å². The number of benzene rings is 3.